The van der Waals surface area contributed by atoms with Crippen LogP contribution in [0.3, 0.4) is 0 Å². The van der Waals surface area contributed by atoms with Gasteiger partial charge in [-0.1, -0.05) is 0 Å². The third-order valence-electron chi connectivity index (χ3n) is 2.08. The number of hydrogen-bond acceptors (Lipinski definition) is 4. The Labute approximate surface area is 60.5 Å². The zero-order valence-corrected chi connectivity index (χ0v) is 6.28. The first-order chi connectivity index (χ1) is 4.66. The van der Waals surface area contributed by atoms with Crippen molar-refractivity contribution in [2.24, 2.45) is 0 Å². The van der Waals surface area contributed by atoms with E-state index in [0.717, 1.165) is 0 Å². The number of likely N-dealkylation sites (N-methyl/N-ethyl adjacent to an activating group) is 2. The van der Waals surface area contributed by atoms with E-state index in [2.05, 4.69) is 5.32 Å². The molecule has 1 saturated heterocycles. The Kier molecular flexibility index (Phi) is 2.25. The van der Waals surface area contributed by atoms with Gasteiger partial charge in [-0.2, -0.15) is 0 Å². The highest BCUT2D eigenvalue weighted by Crippen LogP contribution is 2.18. The van der Waals surface area contributed by atoms with Gasteiger partial charge in [-0.15, -0.1) is 0 Å². The number of hydrogen-bond donors (Lipinski definition) is 3. The Morgan fingerprint density at radius 3 is 2.30 bits per heavy atom. The van der Waals surface area contributed by atoms with Crippen LogP contribution in [0.15, 0.2) is 0 Å². The number of aliphatic hydroxyl groups excluding tert-OH is 2. The summed E-state index contributed by atoms with van der Waals surface area (Å²) in [6, 6.07) is -0.000000000000000222. The molecule has 0 saturated carbocycles. The standard InChI is InChI=1S/C6H14N2O2/c1-7-4-3-5(9)8(2)6(4)10/h4-7,9-10H,3H2,1-2H3. The van der Waals surface area contributed by atoms with Crippen LogP contribution in [-0.2, 0) is 0 Å². The van der Waals surface area contributed by atoms with E-state index >= 15 is 0 Å². The molecule has 1 rings (SSSR count). The Morgan fingerprint density at radius 1 is 1.50 bits per heavy atom. The molecule has 1 aliphatic rings. The van der Waals surface area contributed by atoms with E-state index in [4.69, 9.17) is 0 Å². The monoisotopic (exact) mass is 146 g/mol. The van der Waals surface area contributed by atoms with Crippen LogP contribution in [-0.4, -0.2) is 47.7 Å². The zero-order chi connectivity index (χ0) is 7.72. The minimum absolute atomic E-state index is 0.000000000000000222. The molecule has 3 N–H and O–H groups in total. The molecule has 0 aromatic rings. The van der Waals surface area contributed by atoms with Gasteiger partial charge in [0.2, 0.25) is 0 Å². The first-order valence-electron chi connectivity index (χ1n) is 3.42. The van der Waals surface area contributed by atoms with Gasteiger partial charge in [-0.05, 0) is 14.1 Å². The molecule has 1 fully saturated rings. The summed E-state index contributed by atoms with van der Waals surface area (Å²) in [5.74, 6) is 0. The van der Waals surface area contributed by atoms with E-state index in [-0.39, 0.29) is 6.04 Å². The van der Waals surface area contributed by atoms with Crippen LogP contribution in [0.4, 0.5) is 0 Å². The maximum Gasteiger partial charge on any atom is 0.124 e. The second kappa shape index (κ2) is 2.84. The van der Waals surface area contributed by atoms with E-state index in [0.29, 0.717) is 6.42 Å². The molecule has 0 aromatic carbocycles. The maximum absolute atomic E-state index is 9.33. The van der Waals surface area contributed by atoms with Gasteiger partial charge in [0.1, 0.15) is 12.5 Å². The third-order valence-corrected chi connectivity index (χ3v) is 2.08. The lowest BCUT2D eigenvalue weighted by Gasteiger charge is -2.19. The van der Waals surface area contributed by atoms with Crippen molar-refractivity contribution in [3.05, 3.63) is 0 Å². The van der Waals surface area contributed by atoms with E-state index in [1.54, 1.807) is 19.0 Å². The van der Waals surface area contributed by atoms with Crippen molar-refractivity contribution in [1.82, 2.24) is 10.2 Å². The van der Waals surface area contributed by atoms with Crippen molar-refractivity contribution < 1.29 is 10.2 Å². The van der Waals surface area contributed by atoms with Crippen LogP contribution in [0.2, 0.25) is 0 Å². The second-order valence-corrected chi connectivity index (χ2v) is 2.69. The van der Waals surface area contributed by atoms with E-state index in [9.17, 15) is 10.2 Å². The first-order valence-corrected chi connectivity index (χ1v) is 3.42. The molecule has 3 atom stereocenters. The number of aliphatic hydroxyl groups is 2. The lowest BCUT2D eigenvalue weighted by Crippen LogP contribution is -2.40. The summed E-state index contributed by atoms with van der Waals surface area (Å²) in [7, 11) is 3.48. The van der Waals surface area contributed by atoms with Crippen LogP contribution in [0.1, 0.15) is 6.42 Å². The van der Waals surface area contributed by atoms with E-state index in [1.165, 1.54) is 0 Å². The molecular formula is C6H14N2O2. The minimum Gasteiger partial charge on any atom is -0.378 e. The number of rotatable bonds is 1. The Morgan fingerprint density at radius 2 is 2.10 bits per heavy atom. The molecule has 4 heteroatoms. The Bertz CT molecular complexity index is 120. The zero-order valence-electron chi connectivity index (χ0n) is 6.28. The summed E-state index contributed by atoms with van der Waals surface area (Å²) in [5, 5.41) is 21.4. The summed E-state index contributed by atoms with van der Waals surface area (Å²) < 4.78 is 0. The van der Waals surface area contributed by atoms with Crippen molar-refractivity contribution in [2.75, 3.05) is 14.1 Å². The van der Waals surface area contributed by atoms with E-state index in [1.807, 2.05) is 0 Å². The molecule has 0 radical (unpaired) electrons. The molecule has 0 aliphatic carbocycles. The van der Waals surface area contributed by atoms with Crippen molar-refractivity contribution in [1.29, 1.82) is 0 Å². The Hall–Kier alpha value is -0.160. The average Bonchev–Trinajstić information content (AvgIpc) is 2.17. The predicted octanol–water partition coefficient (Wildman–Crippen LogP) is -1.45. The quantitative estimate of drug-likeness (QED) is 0.423. The number of nitrogens with one attached hydrogen (secondary N) is 1. The fourth-order valence-electron chi connectivity index (χ4n) is 1.24. The normalized spacial score (nSPS) is 42.6. The summed E-state index contributed by atoms with van der Waals surface area (Å²) in [6.45, 7) is 0. The van der Waals surface area contributed by atoms with Crippen LogP contribution in [0, 0.1) is 0 Å². The third kappa shape index (κ3) is 1.15. The van der Waals surface area contributed by atoms with Gasteiger partial charge in [0.05, 0.1) is 6.04 Å². The van der Waals surface area contributed by atoms with Gasteiger partial charge in [-0.25, -0.2) is 0 Å². The lowest BCUT2D eigenvalue weighted by atomic mass is 10.2. The molecule has 1 heterocycles. The van der Waals surface area contributed by atoms with Crippen LogP contribution < -0.4 is 5.32 Å². The molecular weight excluding hydrogens is 132 g/mol. The topological polar surface area (TPSA) is 55.7 Å². The highest BCUT2D eigenvalue weighted by molar-refractivity contribution is 4.84. The molecule has 3 unspecified atom stereocenters. The van der Waals surface area contributed by atoms with Crippen molar-refractivity contribution >= 4 is 0 Å². The fourth-order valence-corrected chi connectivity index (χ4v) is 1.24. The van der Waals surface area contributed by atoms with Crippen molar-refractivity contribution in [3.63, 3.8) is 0 Å². The summed E-state index contributed by atoms with van der Waals surface area (Å²) >= 11 is 0. The molecule has 0 bridgehead atoms. The van der Waals surface area contributed by atoms with Crippen molar-refractivity contribution in [2.45, 2.75) is 24.9 Å². The molecule has 0 spiro atoms. The van der Waals surface area contributed by atoms with Gasteiger partial charge < -0.3 is 15.5 Å². The molecule has 0 amide bonds. The number of likely N-dealkylation sites (tertiary alicyclic amines) is 1. The van der Waals surface area contributed by atoms with Crippen LogP contribution >= 0.6 is 0 Å². The maximum atomic E-state index is 9.33. The summed E-state index contributed by atoms with van der Waals surface area (Å²) in [4.78, 5) is 1.54. The average molecular weight is 146 g/mol. The summed E-state index contributed by atoms with van der Waals surface area (Å²) in [5.41, 5.74) is 0. The molecule has 0 aromatic heterocycles. The first kappa shape index (κ1) is 7.94. The summed E-state index contributed by atoms with van der Waals surface area (Å²) in [6.07, 6.45) is -0.471. The lowest BCUT2D eigenvalue weighted by molar-refractivity contribution is -0.0387. The molecule has 1 aliphatic heterocycles. The largest absolute Gasteiger partial charge is 0.378 e. The predicted molar refractivity (Wildman–Crippen MR) is 37.2 cm³/mol. The minimum atomic E-state index is -0.556. The molecule has 4 nitrogen and oxygen atoms in total. The van der Waals surface area contributed by atoms with Crippen molar-refractivity contribution in [3.8, 4) is 0 Å². The molecule has 60 valence electrons. The fraction of sp³-hybridized carbons (Fsp3) is 1.00. The van der Waals surface area contributed by atoms with Gasteiger partial charge >= 0.3 is 0 Å². The van der Waals surface area contributed by atoms with Crippen LogP contribution in [0.25, 0.3) is 0 Å². The van der Waals surface area contributed by atoms with Gasteiger partial charge in [0.25, 0.3) is 0 Å². The van der Waals surface area contributed by atoms with Gasteiger partial charge in [0, 0.05) is 6.42 Å². The second-order valence-electron chi connectivity index (χ2n) is 2.69. The van der Waals surface area contributed by atoms with E-state index < -0.39 is 12.5 Å². The van der Waals surface area contributed by atoms with Gasteiger partial charge in [0.15, 0.2) is 0 Å². The number of nitrogens with zero attached hydrogens (tertiary/aromatic N) is 1. The highest BCUT2D eigenvalue weighted by atomic mass is 16.3. The smallest absolute Gasteiger partial charge is 0.124 e. The Balaban J connectivity index is 2.53. The van der Waals surface area contributed by atoms with Gasteiger partial charge in [-0.3, -0.25) is 4.90 Å². The highest BCUT2D eigenvalue weighted by Gasteiger charge is 2.35. The molecule has 10 heavy (non-hydrogen) atoms. The SMILES string of the molecule is CNC1CC(O)N(C)C1O. The van der Waals surface area contributed by atoms with Crippen LogP contribution in [0.5, 0.6) is 0 Å².